The van der Waals surface area contributed by atoms with Gasteiger partial charge < -0.3 is 4.74 Å². The van der Waals surface area contributed by atoms with E-state index in [2.05, 4.69) is 39.5 Å². The van der Waals surface area contributed by atoms with Gasteiger partial charge in [0.25, 0.3) is 0 Å². The largest absolute Gasteiger partial charge is 0.366 e. The van der Waals surface area contributed by atoms with Gasteiger partial charge in [0.15, 0.2) is 0 Å². The van der Waals surface area contributed by atoms with Crippen molar-refractivity contribution < 1.29 is 4.74 Å². The molecular formula is C14H22O. The van der Waals surface area contributed by atoms with Crippen LogP contribution in [0.3, 0.4) is 0 Å². The lowest BCUT2D eigenvalue weighted by Crippen LogP contribution is -2.27. The Bertz CT molecular complexity index is 273. The highest BCUT2D eigenvalue weighted by molar-refractivity contribution is 5.16. The lowest BCUT2D eigenvalue weighted by molar-refractivity contribution is 0.0179. The summed E-state index contributed by atoms with van der Waals surface area (Å²) in [5.74, 6) is 0. The Morgan fingerprint density at radius 2 is 2.40 bits per heavy atom. The molecule has 0 N–H and O–H groups in total. The van der Waals surface area contributed by atoms with Crippen LogP contribution in [0.2, 0.25) is 0 Å². The van der Waals surface area contributed by atoms with Crippen molar-refractivity contribution >= 4 is 0 Å². The molecule has 2 atom stereocenters. The quantitative estimate of drug-likeness (QED) is 0.631. The predicted molar refractivity (Wildman–Crippen MR) is 65.9 cm³/mol. The average Bonchev–Trinajstić information content (AvgIpc) is 2.26. The maximum atomic E-state index is 6.04. The van der Waals surface area contributed by atoms with Gasteiger partial charge in [-0.15, -0.1) is 6.58 Å². The van der Waals surface area contributed by atoms with E-state index in [9.17, 15) is 0 Å². The number of hydrogen-bond acceptors (Lipinski definition) is 1. The summed E-state index contributed by atoms with van der Waals surface area (Å²) < 4.78 is 6.04. The normalized spacial score (nSPS) is 27.4. The summed E-state index contributed by atoms with van der Waals surface area (Å²) in [7, 11) is 0. The molecule has 0 amide bonds. The Kier molecular flexibility index (Phi) is 4.83. The Balaban J connectivity index is 2.63. The van der Waals surface area contributed by atoms with Crippen molar-refractivity contribution in [3.8, 4) is 0 Å². The lowest BCUT2D eigenvalue weighted by Gasteiger charge is -2.29. The molecule has 1 heterocycles. The maximum absolute atomic E-state index is 6.04. The Morgan fingerprint density at radius 1 is 1.67 bits per heavy atom. The highest BCUT2D eigenvalue weighted by Crippen LogP contribution is 2.25. The summed E-state index contributed by atoms with van der Waals surface area (Å²) in [6.07, 6.45) is 10.0. The molecular weight excluding hydrogens is 184 g/mol. The second kappa shape index (κ2) is 5.92. The zero-order valence-electron chi connectivity index (χ0n) is 10.1. The number of ether oxygens (including phenoxy) is 1. The fraction of sp³-hybridized carbons (Fsp3) is 0.571. The van der Waals surface area contributed by atoms with Gasteiger partial charge in [0.2, 0.25) is 0 Å². The first kappa shape index (κ1) is 12.3. The fourth-order valence-electron chi connectivity index (χ4n) is 1.90. The highest BCUT2D eigenvalue weighted by Gasteiger charge is 2.21. The van der Waals surface area contributed by atoms with E-state index in [1.54, 1.807) is 0 Å². The van der Waals surface area contributed by atoms with Crippen LogP contribution in [-0.2, 0) is 4.74 Å². The third-order valence-electron chi connectivity index (χ3n) is 2.98. The van der Waals surface area contributed by atoms with Crippen molar-refractivity contribution in [2.24, 2.45) is 0 Å². The van der Waals surface area contributed by atoms with E-state index in [1.165, 1.54) is 11.1 Å². The van der Waals surface area contributed by atoms with Crippen LogP contribution in [-0.4, -0.2) is 12.2 Å². The molecule has 0 aromatic rings. The first-order valence-corrected chi connectivity index (χ1v) is 5.78. The molecule has 0 bridgehead atoms. The van der Waals surface area contributed by atoms with Gasteiger partial charge in [-0.1, -0.05) is 25.2 Å². The molecule has 1 rings (SSSR count). The van der Waals surface area contributed by atoms with E-state index in [4.69, 9.17) is 4.74 Å². The van der Waals surface area contributed by atoms with Crippen LogP contribution in [0.15, 0.2) is 36.0 Å². The summed E-state index contributed by atoms with van der Waals surface area (Å²) in [5.41, 5.74) is 2.71. The van der Waals surface area contributed by atoms with Crippen LogP contribution in [0.25, 0.3) is 0 Å². The molecule has 1 aliphatic heterocycles. The minimum atomic E-state index is 0.276. The zero-order valence-corrected chi connectivity index (χ0v) is 10.1. The minimum absolute atomic E-state index is 0.276. The number of allylic oxidation sites excluding steroid dienone is 2. The van der Waals surface area contributed by atoms with Crippen LogP contribution < -0.4 is 0 Å². The molecule has 1 aliphatic rings. The molecule has 0 fully saturated rings. The fourth-order valence-corrected chi connectivity index (χ4v) is 1.90. The van der Waals surface area contributed by atoms with Gasteiger partial charge in [-0.2, -0.15) is 0 Å². The van der Waals surface area contributed by atoms with E-state index in [0.29, 0.717) is 6.10 Å². The van der Waals surface area contributed by atoms with Crippen LogP contribution in [0.5, 0.6) is 0 Å². The highest BCUT2D eigenvalue weighted by atomic mass is 16.5. The molecule has 0 aromatic heterocycles. The molecule has 0 saturated heterocycles. The first-order valence-electron chi connectivity index (χ1n) is 5.78. The van der Waals surface area contributed by atoms with Crippen molar-refractivity contribution in [3.05, 3.63) is 36.0 Å². The summed E-state index contributed by atoms with van der Waals surface area (Å²) in [6.45, 7) is 10.2. The van der Waals surface area contributed by atoms with Gasteiger partial charge in [-0.25, -0.2) is 0 Å². The molecule has 0 spiro atoms. The van der Waals surface area contributed by atoms with Crippen molar-refractivity contribution in [1.82, 2.24) is 0 Å². The van der Waals surface area contributed by atoms with Crippen LogP contribution in [0, 0.1) is 0 Å². The van der Waals surface area contributed by atoms with Crippen LogP contribution >= 0.6 is 0 Å². The van der Waals surface area contributed by atoms with Crippen molar-refractivity contribution in [1.29, 1.82) is 0 Å². The van der Waals surface area contributed by atoms with Crippen molar-refractivity contribution in [2.45, 2.75) is 52.2 Å². The SMILES string of the molecule is C=CC/C=C(\C)C1CC=C(C)C(CC)O1. The monoisotopic (exact) mass is 206 g/mol. The van der Waals surface area contributed by atoms with E-state index in [1.807, 2.05) is 6.08 Å². The molecule has 84 valence electrons. The zero-order chi connectivity index (χ0) is 11.3. The third kappa shape index (κ3) is 3.35. The van der Waals surface area contributed by atoms with Crippen molar-refractivity contribution in [3.63, 3.8) is 0 Å². The molecule has 2 unspecified atom stereocenters. The maximum Gasteiger partial charge on any atom is 0.0825 e. The Hall–Kier alpha value is -0.820. The van der Waals surface area contributed by atoms with Gasteiger partial charge >= 0.3 is 0 Å². The minimum Gasteiger partial charge on any atom is -0.366 e. The van der Waals surface area contributed by atoms with Crippen molar-refractivity contribution in [2.75, 3.05) is 0 Å². The van der Waals surface area contributed by atoms with E-state index in [0.717, 1.165) is 19.3 Å². The van der Waals surface area contributed by atoms with Gasteiger partial charge in [0.1, 0.15) is 0 Å². The van der Waals surface area contributed by atoms with E-state index >= 15 is 0 Å². The smallest absolute Gasteiger partial charge is 0.0825 e. The van der Waals surface area contributed by atoms with Crippen LogP contribution in [0.1, 0.15) is 40.0 Å². The van der Waals surface area contributed by atoms with Gasteiger partial charge in [-0.3, -0.25) is 0 Å². The number of hydrogen-bond donors (Lipinski definition) is 0. The Morgan fingerprint density at radius 3 is 3.00 bits per heavy atom. The summed E-state index contributed by atoms with van der Waals surface area (Å²) in [6, 6.07) is 0. The van der Waals surface area contributed by atoms with E-state index < -0.39 is 0 Å². The molecule has 1 heteroatoms. The lowest BCUT2D eigenvalue weighted by atomic mass is 9.98. The predicted octanol–water partition coefficient (Wildman–Crippen LogP) is 4.02. The molecule has 0 aromatic carbocycles. The molecule has 1 nitrogen and oxygen atoms in total. The van der Waals surface area contributed by atoms with E-state index in [-0.39, 0.29) is 6.10 Å². The average molecular weight is 206 g/mol. The summed E-state index contributed by atoms with van der Waals surface area (Å²) in [5, 5.41) is 0. The Labute approximate surface area is 93.5 Å². The molecule has 0 aliphatic carbocycles. The number of rotatable bonds is 4. The van der Waals surface area contributed by atoms with Gasteiger partial charge in [0, 0.05) is 0 Å². The second-order valence-electron chi connectivity index (χ2n) is 4.18. The molecule has 0 saturated carbocycles. The topological polar surface area (TPSA) is 9.23 Å². The second-order valence-corrected chi connectivity index (χ2v) is 4.18. The summed E-state index contributed by atoms with van der Waals surface area (Å²) in [4.78, 5) is 0. The molecule has 0 radical (unpaired) electrons. The standard InChI is InChI=1S/C14H22O/c1-5-7-8-11(3)14-10-9-12(4)13(6-2)15-14/h5,8-9,13-14H,1,6-7,10H2,2-4H3/b11-8+. The van der Waals surface area contributed by atoms with Crippen LogP contribution in [0.4, 0.5) is 0 Å². The van der Waals surface area contributed by atoms with Gasteiger partial charge in [0.05, 0.1) is 12.2 Å². The molecule has 15 heavy (non-hydrogen) atoms. The summed E-state index contributed by atoms with van der Waals surface area (Å²) >= 11 is 0. The third-order valence-corrected chi connectivity index (χ3v) is 2.98. The van der Waals surface area contributed by atoms with Gasteiger partial charge in [-0.05, 0) is 44.3 Å². The first-order chi connectivity index (χ1) is 7.19.